The molecule has 0 radical (unpaired) electrons. The van der Waals surface area contributed by atoms with Crippen LogP contribution in [0.3, 0.4) is 0 Å². The fourth-order valence-electron chi connectivity index (χ4n) is 1.25. The Labute approximate surface area is 102 Å². The van der Waals surface area contributed by atoms with E-state index in [-0.39, 0.29) is 5.75 Å². The summed E-state index contributed by atoms with van der Waals surface area (Å²) in [5.41, 5.74) is 12.9. The molecule has 0 aromatic heterocycles. The Bertz CT molecular complexity index is 412. The molecule has 3 nitrogen and oxygen atoms in total. The third-order valence-electron chi connectivity index (χ3n) is 2.25. The molecule has 90 valence electrons. The second kappa shape index (κ2) is 7.44. The monoisotopic (exact) mass is 230 g/mol. The maximum Gasteiger partial charge on any atom is 0.115 e. The van der Waals surface area contributed by atoms with Gasteiger partial charge in [-0.25, -0.2) is 0 Å². The van der Waals surface area contributed by atoms with Crippen molar-refractivity contribution in [1.82, 2.24) is 0 Å². The van der Waals surface area contributed by atoms with Gasteiger partial charge in [0.25, 0.3) is 0 Å². The maximum atomic E-state index is 8.81. The molecule has 0 unspecified atom stereocenters. The highest BCUT2D eigenvalue weighted by atomic mass is 16.3. The van der Waals surface area contributed by atoms with E-state index in [1.807, 2.05) is 30.3 Å². The van der Waals surface area contributed by atoms with Crippen LogP contribution in [0.5, 0.6) is 5.75 Å². The molecule has 0 aliphatic heterocycles. The van der Waals surface area contributed by atoms with Crippen molar-refractivity contribution in [3.63, 3.8) is 0 Å². The summed E-state index contributed by atoms with van der Waals surface area (Å²) in [6.45, 7) is 1.17. The van der Waals surface area contributed by atoms with Crippen molar-refractivity contribution < 1.29 is 5.11 Å². The van der Waals surface area contributed by atoms with Crippen molar-refractivity contribution in [2.75, 3.05) is 0 Å². The molecule has 0 aliphatic carbocycles. The van der Waals surface area contributed by atoms with Crippen LogP contribution >= 0.6 is 0 Å². The van der Waals surface area contributed by atoms with Crippen LogP contribution in [-0.4, -0.2) is 5.11 Å². The summed E-state index contributed by atoms with van der Waals surface area (Å²) in [4.78, 5) is 0. The second-order valence-corrected chi connectivity index (χ2v) is 3.56. The molecule has 5 N–H and O–H groups in total. The lowest BCUT2D eigenvalue weighted by Crippen LogP contribution is -1.94. The minimum atomic E-state index is 0.284. The summed E-state index contributed by atoms with van der Waals surface area (Å²) in [7, 11) is 0. The highest BCUT2D eigenvalue weighted by Crippen LogP contribution is 2.08. The van der Waals surface area contributed by atoms with E-state index in [1.165, 1.54) is 5.56 Å². The van der Waals surface area contributed by atoms with Gasteiger partial charge < -0.3 is 16.6 Å². The van der Waals surface area contributed by atoms with Gasteiger partial charge in [-0.2, -0.15) is 0 Å². The molecule has 2 aromatic rings. The van der Waals surface area contributed by atoms with Crippen LogP contribution in [-0.2, 0) is 13.1 Å². The Morgan fingerprint density at radius 1 is 0.706 bits per heavy atom. The van der Waals surface area contributed by atoms with Gasteiger partial charge in [-0.1, -0.05) is 42.5 Å². The van der Waals surface area contributed by atoms with Crippen LogP contribution in [0, 0.1) is 0 Å². The molecule has 0 amide bonds. The van der Waals surface area contributed by atoms with Crippen molar-refractivity contribution in [3.05, 3.63) is 65.7 Å². The zero-order valence-electron chi connectivity index (χ0n) is 9.71. The van der Waals surface area contributed by atoms with Gasteiger partial charge in [0.05, 0.1) is 0 Å². The zero-order valence-corrected chi connectivity index (χ0v) is 9.71. The lowest BCUT2D eigenvalue weighted by molar-refractivity contribution is 0.475. The topological polar surface area (TPSA) is 72.3 Å². The van der Waals surface area contributed by atoms with E-state index in [4.69, 9.17) is 16.6 Å². The highest BCUT2D eigenvalue weighted by Gasteiger charge is 1.86. The number of hydrogen-bond donors (Lipinski definition) is 3. The van der Waals surface area contributed by atoms with Gasteiger partial charge in [0.1, 0.15) is 5.75 Å². The summed E-state index contributed by atoms with van der Waals surface area (Å²) in [6.07, 6.45) is 0. The Kier molecular flexibility index (Phi) is 5.79. The standard InChI is InChI=1S/C7H9NO.C7H9N/c8-5-6-1-3-7(9)4-2-6;8-6-7-4-2-1-3-5-7/h1-4,9H,5,8H2;1-5H,6,8H2. The average Bonchev–Trinajstić information content (AvgIpc) is 2.41. The first-order valence-corrected chi connectivity index (χ1v) is 5.48. The van der Waals surface area contributed by atoms with Crippen molar-refractivity contribution >= 4 is 0 Å². The summed E-state index contributed by atoms with van der Waals surface area (Å²) in [5.74, 6) is 0.284. The van der Waals surface area contributed by atoms with E-state index in [0.717, 1.165) is 5.56 Å². The maximum absolute atomic E-state index is 8.81. The number of benzene rings is 2. The molecular formula is C14H18N2O. The predicted octanol–water partition coefficient (Wildman–Crippen LogP) is 2.00. The Morgan fingerprint density at radius 2 is 1.18 bits per heavy atom. The second-order valence-electron chi connectivity index (χ2n) is 3.56. The van der Waals surface area contributed by atoms with E-state index in [2.05, 4.69) is 0 Å². The van der Waals surface area contributed by atoms with Crippen LogP contribution in [0.15, 0.2) is 54.6 Å². The van der Waals surface area contributed by atoms with Gasteiger partial charge in [-0.15, -0.1) is 0 Å². The fraction of sp³-hybridized carbons (Fsp3) is 0.143. The van der Waals surface area contributed by atoms with E-state index in [0.29, 0.717) is 13.1 Å². The molecular weight excluding hydrogens is 212 g/mol. The quantitative estimate of drug-likeness (QED) is 0.738. The molecule has 0 saturated heterocycles. The molecule has 0 heterocycles. The van der Waals surface area contributed by atoms with E-state index >= 15 is 0 Å². The molecule has 2 rings (SSSR count). The van der Waals surface area contributed by atoms with Crippen LogP contribution in [0.2, 0.25) is 0 Å². The molecule has 0 fully saturated rings. The summed E-state index contributed by atoms with van der Waals surface area (Å²) in [6, 6.07) is 16.8. The van der Waals surface area contributed by atoms with E-state index in [1.54, 1.807) is 24.3 Å². The number of phenolic OH excluding ortho intramolecular Hbond substituents is 1. The Morgan fingerprint density at radius 3 is 1.59 bits per heavy atom. The normalized spacial score (nSPS) is 9.29. The fourth-order valence-corrected chi connectivity index (χ4v) is 1.25. The molecule has 17 heavy (non-hydrogen) atoms. The van der Waals surface area contributed by atoms with Crippen LogP contribution in [0.25, 0.3) is 0 Å². The number of nitrogens with two attached hydrogens (primary N) is 2. The smallest absolute Gasteiger partial charge is 0.115 e. The number of aromatic hydroxyl groups is 1. The van der Waals surface area contributed by atoms with Crippen molar-refractivity contribution in [2.24, 2.45) is 11.5 Å². The first-order valence-electron chi connectivity index (χ1n) is 5.48. The SMILES string of the molecule is NCc1ccc(O)cc1.NCc1ccccc1. The largest absolute Gasteiger partial charge is 0.508 e. The summed E-state index contributed by atoms with van der Waals surface area (Å²) >= 11 is 0. The van der Waals surface area contributed by atoms with Crippen LogP contribution in [0.4, 0.5) is 0 Å². The third kappa shape index (κ3) is 5.15. The third-order valence-corrected chi connectivity index (χ3v) is 2.25. The van der Waals surface area contributed by atoms with Gasteiger partial charge in [0.15, 0.2) is 0 Å². The number of phenols is 1. The molecule has 0 aliphatic rings. The average molecular weight is 230 g/mol. The number of hydrogen-bond acceptors (Lipinski definition) is 3. The summed E-state index contributed by atoms with van der Waals surface area (Å²) < 4.78 is 0. The molecule has 0 spiro atoms. The molecule has 2 aromatic carbocycles. The lowest BCUT2D eigenvalue weighted by Gasteiger charge is -1.93. The first-order chi connectivity index (χ1) is 8.26. The van der Waals surface area contributed by atoms with Gasteiger partial charge in [0, 0.05) is 13.1 Å². The molecule has 0 bridgehead atoms. The van der Waals surface area contributed by atoms with Crippen molar-refractivity contribution in [1.29, 1.82) is 0 Å². The van der Waals surface area contributed by atoms with Crippen molar-refractivity contribution in [2.45, 2.75) is 13.1 Å². The summed E-state index contributed by atoms with van der Waals surface area (Å²) in [5, 5.41) is 8.81. The first kappa shape index (κ1) is 13.2. The van der Waals surface area contributed by atoms with Crippen LogP contribution < -0.4 is 11.5 Å². The van der Waals surface area contributed by atoms with Crippen molar-refractivity contribution in [3.8, 4) is 5.75 Å². The van der Waals surface area contributed by atoms with Crippen LogP contribution in [0.1, 0.15) is 11.1 Å². The number of rotatable bonds is 2. The lowest BCUT2D eigenvalue weighted by atomic mass is 10.2. The van der Waals surface area contributed by atoms with Gasteiger partial charge in [0.2, 0.25) is 0 Å². The molecule has 3 heteroatoms. The zero-order chi connectivity index (χ0) is 12.5. The highest BCUT2D eigenvalue weighted by molar-refractivity contribution is 5.25. The Hall–Kier alpha value is -1.84. The van der Waals surface area contributed by atoms with Gasteiger partial charge >= 0.3 is 0 Å². The van der Waals surface area contributed by atoms with E-state index < -0.39 is 0 Å². The molecule has 0 saturated carbocycles. The predicted molar refractivity (Wildman–Crippen MR) is 70.3 cm³/mol. The molecule has 0 atom stereocenters. The Balaban J connectivity index is 0.000000171. The van der Waals surface area contributed by atoms with Gasteiger partial charge in [-0.3, -0.25) is 0 Å². The van der Waals surface area contributed by atoms with Gasteiger partial charge in [-0.05, 0) is 23.3 Å². The minimum absolute atomic E-state index is 0.284. The minimum Gasteiger partial charge on any atom is -0.508 e. The van der Waals surface area contributed by atoms with E-state index in [9.17, 15) is 0 Å².